The van der Waals surface area contributed by atoms with Crippen LogP contribution in [-0.4, -0.2) is 27.0 Å². The average Bonchev–Trinajstić information content (AvgIpc) is 3.20. The molecule has 2 heterocycles. The number of thioether (sulfide) groups is 1. The van der Waals surface area contributed by atoms with E-state index in [4.69, 9.17) is 21.3 Å². The van der Waals surface area contributed by atoms with Crippen LogP contribution < -0.4 is 4.74 Å². The molecule has 1 aliphatic heterocycles. The number of carbonyl (C=O) groups is 1. The zero-order chi connectivity index (χ0) is 24.9. The van der Waals surface area contributed by atoms with Gasteiger partial charge in [0.15, 0.2) is 5.17 Å². The molecule has 1 amide bonds. The Morgan fingerprint density at radius 3 is 2.56 bits per heavy atom. The third-order valence-corrected chi connectivity index (χ3v) is 7.72. The van der Waals surface area contributed by atoms with Gasteiger partial charge in [-0.25, -0.2) is 4.99 Å². The fraction of sp³-hybridized carbons (Fsp3) is 0.276. The molecule has 0 unspecified atom stereocenters. The lowest BCUT2D eigenvalue weighted by Crippen LogP contribution is -2.40. The lowest BCUT2D eigenvalue weighted by molar-refractivity contribution is -0.124. The number of nitrogens with zero attached hydrogens (tertiary/aromatic N) is 3. The molecule has 2 aromatic carbocycles. The van der Waals surface area contributed by atoms with Gasteiger partial charge in [-0.3, -0.25) is 14.7 Å². The number of halogens is 1. The fourth-order valence-corrected chi connectivity index (χ4v) is 5.66. The number of hydrogen-bond donors (Lipinski definition) is 0. The van der Waals surface area contributed by atoms with Crippen molar-refractivity contribution in [1.29, 1.82) is 0 Å². The highest BCUT2D eigenvalue weighted by Gasteiger charge is 2.38. The summed E-state index contributed by atoms with van der Waals surface area (Å²) in [5.41, 5.74) is 3.93. The number of pyridine rings is 1. The summed E-state index contributed by atoms with van der Waals surface area (Å²) in [6.45, 7) is 2.59. The summed E-state index contributed by atoms with van der Waals surface area (Å²) in [6, 6.07) is 18.1. The molecule has 0 spiro atoms. The first-order valence-corrected chi connectivity index (χ1v) is 13.5. The number of aromatic nitrogens is 1. The molecule has 1 aromatic heterocycles. The molecule has 0 atom stereocenters. The van der Waals surface area contributed by atoms with Crippen LogP contribution in [0.2, 0.25) is 5.02 Å². The molecule has 0 bridgehead atoms. The van der Waals surface area contributed by atoms with Crippen molar-refractivity contribution >= 4 is 46.2 Å². The third-order valence-electron chi connectivity index (χ3n) is 6.45. The van der Waals surface area contributed by atoms with Gasteiger partial charge in [-0.05, 0) is 66.9 Å². The van der Waals surface area contributed by atoms with Gasteiger partial charge in [-0.1, -0.05) is 72.8 Å². The van der Waals surface area contributed by atoms with Crippen molar-refractivity contribution in [2.24, 2.45) is 4.99 Å². The molecular formula is C29H28ClN3O2S. The lowest BCUT2D eigenvalue weighted by Gasteiger charge is -2.30. The smallest absolute Gasteiger partial charge is 0.267 e. The molecule has 7 heteroatoms. The Hall–Kier alpha value is -3.09. The highest BCUT2D eigenvalue weighted by atomic mass is 35.5. The van der Waals surface area contributed by atoms with E-state index in [-0.39, 0.29) is 11.9 Å². The zero-order valence-electron chi connectivity index (χ0n) is 20.2. The molecule has 184 valence electrons. The molecule has 1 aliphatic carbocycles. The number of benzene rings is 2. The predicted octanol–water partition coefficient (Wildman–Crippen LogP) is 7.56. The minimum Gasteiger partial charge on any atom is -0.489 e. The molecule has 2 fully saturated rings. The fourth-order valence-electron chi connectivity index (χ4n) is 4.45. The molecule has 0 radical (unpaired) electrons. The van der Waals surface area contributed by atoms with Crippen LogP contribution in [0.3, 0.4) is 0 Å². The number of aryl methyl sites for hydroxylation is 1. The minimum atomic E-state index is 0.00975. The van der Waals surface area contributed by atoms with Crippen LogP contribution in [0.4, 0.5) is 5.69 Å². The van der Waals surface area contributed by atoms with E-state index in [9.17, 15) is 4.79 Å². The summed E-state index contributed by atoms with van der Waals surface area (Å²) in [5, 5.41) is 1.16. The Balaban J connectivity index is 1.35. The molecule has 1 saturated carbocycles. The molecule has 5 nitrogen and oxygen atoms in total. The van der Waals surface area contributed by atoms with Gasteiger partial charge in [0.2, 0.25) is 0 Å². The number of ether oxygens (including phenoxy) is 1. The maximum atomic E-state index is 13.5. The minimum absolute atomic E-state index is 0.00975. The molecule has 5 rings (SSSR count). The number of carbonyl (C=O) groups excluding carboxylic acids is 1. The third kappa shape index (κ3) is 5.82. The first kappa shape index (κ1) is 24.6. The van der Waals surface area contributed by atoms with E-state index >= 15 is 0 Å². The van der Waals surface area contributed by atoms with Crippen LogP contribution in [0.1, 0.15) is 48.8 Å². The first-order chi connectivity index (χ1) is 17.6. The number of amidine groups is 1. The monoisotopic (exact) mass is 517 g/mol. The van der Waals surface area contributed by atoms with E-state index in [0.717, 1.165) is 42.6 Å². The lowest BCUT2D eigenvalue weighted by atomic mass is 9.94. The van der Waals surface area contributed by atoms with Crippen LogP contribution in [0.5, 0.6) is 5.75 Å². The second-order valence-electron chi connectivity index (χ2n) is 9.14. The Bertz CT molecular complexity index is 1280. The molecule has 36 heavy (non-hydrogen) atoms. The van der Waals surface area contributed by atoms with Crippen molar-refractivity contribution in [1.82, 2.24) is 9.88 Å². The van der Waals surface area contributed by atoms with Gasteiger partial charge in [-0.2, -0.15) is 0 Å². The van der Waals surface area contributed by atoms with Crippen molar-refractivity contribution in [2.45, 2.75) is 51.7 Å². The van der Waals surface area contributed by atoms with E-state index in [1.165, 1.54) is 23.7 Å². The van der Waals surface area contributed by atoms with Crippen molar-refractivity contribution in [2.75, 3.05) is 0 Å². The maximum Gasteiger partial charge on any atom is 0.267 e. The quantitative estimate of drug-likeness (QED) is 0.316. The summed E-state index contributed by atoms with van der Waals surface area (Å²) in [5.74, 6) is 0.803. The number of amides is 1. The van der Waals surface area contributed by atoms with Gasteiger partial charge < -0.3 is 4.74 Å². The second kappa shape index (κ2) is 11.3. The van der Waals surface area contributed by atoms with Gasteiger partial charge in [0.25, 0.3) is 5.91 Å². The van der Waals surface area contributed by atoms with E-state index < -0.39 is 0 Å². The Morgan fingerprint density at radius 1 is 1.08 bits per heavy atom. The molecule has 2 aliphatic rings. The molecule has 1 saturated heterocycles. The Morgan fingerprint density at radius 2 is 1.83 bits per heavy atom. The van der Waals surface area contributed by atoms with E-state index in [0.29, 0.717) is 27.4 Å². The van der Waals surface area contributed by atoms with Crippen molar-refractivity contribution in [3.05, 3.63) is 93.6 Å². The van der Waals surface area contributed by atoms with Crippen LogP contribution in [0.15, 0.2) is 76.9 Å². The number of aliphatic imine (C=N–C) groups is 1. The van der Waals surface area contributed by atoms with Crippen LogP contribution in [-0.2, 0) is 11.4 Å². The average molecular weight is 518 g/mol. The molecular weight excluding hydrogens is 490 g/mol. The van der Waals surface area contributed by atoms with Gasteiger partial charge in [0.05, 0.1) is 15.6 Å². The van der Waals surface area contributed by atoms with Crippen molar-refractivity contribution in [3.63, 3.8) is 0 Å². The van der Waals surface area contributed by atoms with Gasteiger partial charge >= 0.3 is 0 Å². The van der Waals surface area contributed by atoms with E-state index in [2.05, 4.69) is 36.2 Å². The van der Waals surface area contributed by atoms with Crippen LogP contribution in [0, 0.1) is 6.92 Å². The highest BCUT2D eigenvalue weighted by molar-refractivity contribution is 8.18. The normalized spacial score (nSPS) is 18.8. The standard InChI is InChI=1S/C29H28ClN3O2S/c1-20-7-9-22(10-8-20)19-35-24-13-11-21(12-14-24)17-27-28(34)33(23-5-3-2-4-6-23)29(36-27)32-26-15-16-31-18-25(26)30/h7-18,23H,2-6,19H2,1H3/b27-17-,32-29?. The molecule has 0 N–H and O–H groups in total. The van der Waals surface area contributed by atoms with Gasteiger partial charge in [0, 0.05) is 18.4 Å². The summed E-state index contributed by atoms with van der Waals surface area (Å²) in [4.78, 5) is 24.9. The van der Waals surface area contributed by atoms with Crippen LogP contribution in [0.25, 0.3) is 6.08 Å². The summed E-state index contributed by atoms with van der Waals surface area (Å²) >= 11 is 7.73. The van der Waals surface area contributed by atoms with E-state index in [1.54, 1.807) is 18.5 Å². The van der Waals surface area contributed by atoms with Crippen molar-refractivity contribution in [3.8, 4) is 5.75 Å². The topological polar surface area (TPSA) is 54.8 Å². The predicted molar refractivity (Wildman–Crippen MR) is 148 cm³/mol. The summed E-state index contributed by atoms with van der Waals surface area (Å²) in [7, 11) is 0. The second-order valence-corrected chi connectivity index (χ2v) is 10.6. The highest BCUT2D eigenvalue weighted by Crippen LogP contribution is 2.39. The zero-order valence-corrected chi connectivity index (χ0v) is 21.8. The van der Waals surface area contributed by atoms with Crippen molar-refractivity contribution < 1.29 is 9.53 Å². The number of hydrogen-bond acceptors (Lipinski definition) is 5. The summed E-state index contributed by atoms with van der Waals surface area (Å²) in [6.07, 6.45) is 10.6. The van der Waals surface area contributed by atoms with Gasteiger partial charge in [-0.15, -0.1) is 0 Å². The SMILES string of the molecule is Cc1ccc(COc2ccc(/C=C3\SC(=Nc4ccncc4Cl)N(C4CCCCC4)C3=O)cc2)cc1. The molecule has 3 aromatic rings. The maximum absolute atomic E-state index is 13.5. The van der Waals surface area contributed by atoms with Crippen LogP contribution >= 0.6 is 23.4 Å². The largest absolute Gasteiger partial charge is 0.489 e. The van der Waals surface area contributed by atoms with Gasteiger partial charge in [0.1, 0.15) is 12.4 Å². The Labute approximate surface area is 221 Å². The van der Waals surface area contributed by atoms with E-state index in [1.807, 2.05) is 35.2 Å². The first-order valence-electron chi connectivity index (χ1n) is 12.3. The Kier molecular flexibility index (Phi) is 7.73. The number of rotatable bonds is 6. The summed E-state index contributed by atoms with van der Waals surface area (Å²) < 4.78 is 5.93.